The van der Waals surface area contributed by atoms with Gasteiger partial charge in [-0.05, 0) is 19.8 Å². The molecule has 0 aliphatic carbocycles. The molecule has 1 aliphatic rings. The van der Waals surface area contributed by atoms with E-state index in [2.05, 4.69) is 0 Å². The van der Waals surface area contributed by atoms with E-state index in [0.717, 1.165) is 12.8 Å². The first-order valence-corrected chi connectivity index (χ1v) is 5.55. The number of hydrogen-bond acceptors (Lipinski definition) is 3. The van der Waals surface area contributed by atoms with E-state index >= 15 is 0 Å². The summed E-state index contributed by atoms with van der Waals surface area (Å²) >= 11 is 0. The Hall–Kier alpha value is -1.30. The molecule has 1 atom stereocenters. The topological polar surface area (TPSA) is 86.9 Å². The Bertz CT molecular complexity index is 270. The predicted octanol–water partition coefficient (Wildman–Crippen LogP) is -0.0640. The lowest BCUT2D eigenvalue weighted by atomic mass is 10.1. The van der Waals surface area contributed by atoms with Crippen LogP contribution in [0.5, 0.6) is 0 Å². The van der Waals surface area contributed by atoms with Crippen molar-refractivity contribution in [3.8, 4) is 0 Å². The van der Waals surface area contributed by atoms with Crippen LogP contribution < -0.4 is 5.73 Å². The number of carbonyl (C=O) groups is 2. The van der Waals surface area contributed by atoms with Gasteiger partial charge in [-0.15, -0.1) is 0 Å². The Balaban J connectivity index is 2.56. The van der Waals surface area contributed by atoms with E-state index < -0.39 is 5.97 Å². The second-order valence-electron chi connectivity index (χ2n) is 4.04. The minimum absolute atomic E-state index is 0.0150. The van der Waals surface area contributed by atoms with Crippen molar-refractivity contribution in [3.63, 3.8) is 0 Å². The quantitative estimate of drug-likeness (QED) is 0.709. The highest BCUT2D eigenvalue weighted by molar-refractivity contribution is 5.80. The zero-order valence-electron chi connectivity index (χ0n) is 9.56. The summed E-state index contributed by atoms with van der Waals surface area (Å²) in [5.41, 5.74) is 5.78. The number of amides is 2. The second-order valence-corrected chi connectivity index (χ2v) is 4.04. The maximum absolute atomic E-state index is 11.9. The molecule has 1 saturated heterocycles. The highest BCUT2D eigenvalue weighted by Gasteiger charge is 2.25. The number of likely N-dealkylation sites (N-methyl/N-ethyl adjacent to an activating group) is 1. The number of nitrogens with zero attached hydrogens (tertiary/aromatic N) is 2. The summed E-state index contributed by atoms with van der Waals surface area (Å²) in [4.78, 5) is 25.5. The van der Waals surface area contributed by atoms with E-state index in [1.165, 1.54) is 4.90 Å². The molecule has 1 rings (SSSR count). The molecule has 0 saturated carbocycles. The zero-order valence-corrected chi connectivity index (χ0v) is 9.56. The Morgan fingerprint density at radius 3 is 2.75 bits per heavy atom. The highest BCUT2D eigenvalue weighted by Crippen LogP contribution is 2.10. The molecule has 16 heavy (non-hydrogen) atoms. The molecular weight excluding hydrogens is 210 g/mol. The van der Waals surface area contributed by atoms with Gasteiger partial charge in [-0.1, -0.05) is 0 Å². The molecule has 1 heterocycles. The molecule has 0 aromatic rings. The monoisotopic (exact) mass is 229 g/mol. The van der Waals surface area contributed by atoms with Crippen LogP contribution in [0.25, 0.3) is 0 Å². The number of carbonyl (C=O) groups excluding carboxylic acids is 1. The molecule has 0 bridgehead atoms. The van der Waals surface area contributed by atoms with Crippen molar-refractivity contribution < 1.29 is 14.7 Å². The number of carboxylic acid groups (broad SMARTS) is 1. The number of piperidine rings is 1. The first-order valence-electron chi connectivity index (χ1n) is 5.55. The van der Waals surface area contributed by atoms with Crippen LogP contribution in [0.4, 0.5) is 4.79 Å². The SMILES string of the molecule is CCN(CC(=O)O)C(=O)N1CCCC(N)C1. The molecule has 6 heteroatoms. The fraction of sp³-hybridized carbons (Fsp3) is 0.800. The van der Waals surface area contributed by atoms with E-state index in [0.29, 0.717) is 19.6 Å². The first kappa shape index (κ1) is 12.8. The van der Waals surface area contributed by atoms with Crippen LogP contribution in [0.15, 0.2) is 0 Å². The molecular formula is C10H19N3O3. The van der Waals surface area contributed by atoms with Crippen LogP contribution in [0.3, 0.4) is 0 Å². The minimum atomic E-state index is -0.989. The summed E-state index contributed by atoms with van der Waals surface area (Å²) in [6.45, 7) is 3.11. The molecule has 0 aromatic carbocycles. The van der Waals surface area contributed by atoms with Crippen molar-refractivity contribution in [3.05, 3.63) is 0 Å². The maximum Gasteiger partial charge on any atom is 0.323 e. The average molecular weight is 229 g/mol. The number of nitrogens with two attached hydrogens (primary N) is 1. The lowest BCUT2D eigenvalue weighted by Gasteiger charge is -2.34. The zero-order chi connectivity index (χ0) is 12.1. The van der Waals surface area contributed by atoms with Crippen LogP contribution in [-0.2, 0) is 4.79 Å². The van der Waals surface area contributed by atoms with Gasteiger partial charge in [0.25, 0.3) is 0 Å². The molecule has 1 unspecified atom stereocenters. The van der Waals surface area contributed by atoms with E-state index in [-0.39, 0.29) is 18.6 Å². The minimum Gasteiger partial charge on any atom is -0.480 e. The third-order valence-electron chi connectivity index (χ3n) is 2.71. The fourth-order valence-electron chi connectivity index (χ4n) is 1.86. The Kier molecular flexibility index (Phi) is 4.54. The standard InChI is InChI=1S/C10H19N3O3/c1-2-12(7-9(14)15)10(16)13-5-3-4-8(11)6-13/h8H,2-7,11H2,1H3,(H,14,15). The normalized spacial score (nSPS) is 20.6. The van der Waals surface area contributed by atoms with Crippen molar-refractivity contribution >= 4 is 12.0 Å². The summed E-state index contributed by atoms with van der Waals surface area (Å²) in [6, 6.07) is -0.207. The lowest BCUT2D eigenvalue weighted by molar-refractivity contribution is -0.137. The number of aliphatic carboxylic acids is 1. The number of rotatable bonds is 3. The van der Waals surface area contributed by atoms with Gasteiger partial charge in [0.05, 0.1) is 0 Å². The van der Waals surface area contributed by atoms with Gasteiger partial charge < -0.3 is 20.6 Å². The lowest BCUT2D eigenvalue weighted by Crippen LogP contribution is -2.51. The third-order valence-corrected chi connectivity index (χ3v) is 2.71. The molecule has 0 spiro atoms. The van der Waals surface area contributed by atoms with Gasteiger partial charge in [-0.3, -0.25) is 4.79 Å². The summed E-state index contributed by atoms with van der Waals surface area (Å²) in [5, 5.41) is 8.68. The Morgan fingerprint density at radius 2 is 2.25 bits per heavy atom. The Labute approximate surface area is 95.0 Å². The molecule has 92 valence electrons. The summed E-state index contributed by atoms with van der Waals surface area (Å²) < 4.78 is 0. The smallest absolute Gasteiger partial charge is 0.323 e. The van der Waals surface area contributed by atoms with Crippen LogP contribution in [-0.4, -0.2) is 59.1 Å². The highest BCUT2D eigenvalue weighted by atomic mass is 16.4. The number of hydrogen-bond donors (Lipinski definition) is 2. The molecule has 1 aliphatic heterocycles. The number of urea groups is 1. The fourth-order valence-corrected chi connectivity index (χ4v) is 1.86. The van der Waals surface area contributed by atoms with E-state index in [9.17, 15) is 9.59 Å². The van der Waals surface area contributed by atoms with E-state index in [1.807, 2.05) is 0 Å². The van der Waals surface area contributed by atoms with Gasteiger partial charge in [0.15, 0.2) is 0 Å². The van der Waals surface area contributed by atoms with Gasteiger partial charge in [0, 0.05) is 25.7 Å². The molecule has 1 fully saturated rings. The second kappa shape index (κ2) is 5.69. The van der Waals surface area contributed by atoms with Gasteiger partial charge in [0.2, 0.25) is 0 Å². The van der Waals surface area contributed by atoms with Crippen molar-refractivity contribution in [2.45, 2.75) is 25.8 Å². The molecule has 0 radical (unpaired) electrons. The molecule has 6 nitrogen and oxygen atoms in total. The third kappa shape index (κ3) is 3.37. The van der Waals surface area contributed by atoms with Crippen LogP contribution >= 0.6 is 0 Å². The van der Waals surface area contributed by atoms with Gasteiger partial charge in [-0.2, -0.15) is 0 Å². The van der Waals surface area contributed by atoms with Crippen molar-refractivity contribution in [2.24, 2.45) is 5.73 Å². The summed E-state index contributed by atoms with van der Waals surface area (Å²) in [5.74, 6) is -0.989. The molecule has 3 N–H and O–H groups in total. The molecule has 2 amide bonds. The van der Waals surface area contributed by atoms with Crippen LogP contribution in [0.1, 0.15) is 19.8 Å². The summed E-state index contributed by atoms with van der Waals surface area (Å²) in [7, 11) is 0. The Morgan fingerprint density at radius 1 is 1.56 bits per heavy atom. The average Bonchev–Trinajstić information content (AvgIpc) is 2.24. The van der Waals surface area contributed by atoms with Crippen LogP contribution in [0, 0.1) is 0 Å². The van der Waals surface area contributed by atoms with Crippen molar-refractivity contribution in [2.75, 3.05) is 26.2 Å². The number of likely N-dealkylation sites (tertiary alicyclic amines) is 1. The van der Waals surface area contributed by atoms with Gasteiger partial charge in [-0.25, -0.2) is 4.79 Å². The van der Waals surface area contributed by atoms with Crippen molar-refractivity contribution in [1.29, 1.82) is 0 Å². The van der Waals surface area contributed by atoms with E-state index in [4.69, 9.17) is 10.8 Å². The van der Waals surface area contributed by atoms with Gasteiger partial charge >= 0.3 is 12.0 Å². The van der Waals surface area contributed by atoms with Crippen LogP contribution in [0.2, 0.25) is 0 Å². The first-order chi connectivity index (χ1) is 7.54. The predicted molar refractivity (Wildman–Crippen MR) is 59.1 cm³/mol. The van der Waals surface area contributed by atoms with E-state index in [1.54, 1.807) is 11.8 Å². The largest absolute Gasteiger partial charge is 0.480 e. The number of carboxylic acids is 1. The maximum atomic E-state index is 11.9. The van der Waals surface area contributed by atoms with Crippen molar-refractivity contribution in [1.82, 2.24) is 9.80 Å². The summed E-state index contributed by atoms with van der Waals surface area (Å²) in [6.07, 6.45) is 1.81. The molecule has 0 aromatic heterocycles. The van der Waals surface area contributed by atoms with Gasteiger partial charge in [0.1, 0.15) is 6.54 Å².